The number of nitrogens with zero attached hydrogens (tertiary/aromatic N) is 5. The van der Waals surface area contributed by atoms with E-state index in [1.807, 2.05) is 6.07 Å². The molecule has 6 N–H and O–H groups in total. The van der Waals surface area contributed by atoms with Crippen LogP contribution in [0, 0.1) is 0 Å². The van der Waals surface area contributed by atoms with Crippen molar-refractivity contribution in [3.8, 4) is 11.4 Å². The number of nitrogens with two attached hydrogens (primary N) is 1. The van der Waals surface area contributed by atoms with Crippen LogP contribution < -0.4 is 5.73 Å². The van der Waals surface area contributed by atoms with Gasteiger partial charge in [-0.05, 0) is 19.6 Å². The van der Waals surface area contributed by atoms with Gasteiger partial charge in [-0.15, -0.1) is 0 Å². The maximum Gasteiger partial charge on any atom is 0.469 e. The van der Waals surface area contributed by atoms with E-state index in [1.165, 1.54) is 30.5 Å². The van der Waals surface area contributed by atoms with Gasteiger partial charge >= 0.3 is 7.82 Å². The summed E-state index contributed by atoms with van der Waals surface area (Å²) in [5.74, 6) is 0.487. The number of fused-ring (bicyclic) bond motifs is 1. The summed E-state index contributed by atoms with van der Waals surface area (Å²) in [6, 6.07) is 8.99. The van der Waals surface area contributed by atoms with Crippen molar-refractivity contribution in [1.29, 1.82) is 0 Å². The van der Waals surface area contributed by atoms with Crippen LogP contribution in [0.2, 0.25) is 0 Å². The second-order valence-electron chi connectivity index (χ2n) is 8.05. The van der Waals surface area contributed by atoms with Crippen LogP contribution >= 0.6 is 7.82 Å². The highest BCUT2D eigenvalue weighted by Gasteiger charge is 2.46. The van der Waals surface area contributed by atoms with Crippen LogP contribution in [0.4, 0.5) is 5.82 Å². The Morgan fingerprint density at radius 3 is 2.28 bits per heavy atom. The van der Waals surface area contributed by atoms with Gasteiger partial charge in [0.05, 0.1) is 6.61 Å². The molecule has 0 saturated carbocycles. The zero-order valence-electron chi connectivity index (χ0n) is 20.4. The van der Waals surface area contributed by atoms with E-state index in [-0.39, 0.29) is 17.0 Å². The van der Waals surface area contributed by atoms with Gasteiger partial charge in [0.25, 0.3) is 0 Å². The number of aliphatic hydroxyl groups excluding tert-OH is 2. The van der Waals surface area contributed by atoms with E-state index in [4.69, 9.17) is 20.3 Å². The Hall–Kier alpha value is -2.48. The van der Waals surface area contributed by atoms with E-state index in [0.717, 1.165) is 0 Å². The lowest BCUT2D eigenvalue weighted by Gasteiger charge is -2.19. The summed E-state index contributed by atoms with van der Waals surface area (Å²) in [6.07, 6.45) is -4.03. The van der Waals surface area contributed by atoms with E-state index in [2.05, 4.69) is 45.1 Å². The largest absolute Gasteiger partial charge is 0.469 e. The number of ether oxygens (including phenoxy) is 1. The molecule has 0 radical (unpaired) electrons. The zero-order chi connectivity index (χ0) is 26.5. The Bertz CT molecular complexity index is 1160. The molecule has 0 bridgehead atoms. The molecule has 4 rings (SSSR count). The molecule has 1 fully saturated rings. The third-order valence-electron chi connectivity index (χ3n) is 5.88. The second kappa shape index (κ2) is 12.2. The number of phosphoric acid groups is 1. The Kier molecular flexibility index (Phi) is 9.50. The quantitative estimate of drug-likeness (QED) is 0.265. The van der Waals surface area contributed by atoms with Gasteiger partial charge in [0.2, 0.25) is 0 Å². The van der Waals surface area contributed by atoms with Gasteiger partial charge in [-0.2, -0.15) is 0 Å². The number of anilines is 1. The molecule has 2 aromatic heterocycles. The standard InChI is InChI=1S/C16H18N5O7P.C6H15N/c17-13-10-15(19-7-18-13)21(14(20-10)8-4-2-1-3-5-8)16-12(23)11(22)9(28-16)6-27-29(24,25)26;1-4-7(5-2)6-3/h1-5,7,9,11-12,16,22-23H,6H2,(H2,17,18,19)(H2,24,25,26);4-6H2,1-3H3/t9-,11-,12-,16-;/m1./s1. The first-order chi connectivity index (χ1) is 17.1. The van der Waals surface area contributed by atoms with E-state index in [0.29, 0.717) is 11.4 Å². The smallest absolute Gasteiger partial charge is 0.387 e. The molecule has 4 atom stereocenters. The second-order valence-corrected chi connectivity index (χ2v) is 9.29. The highest BCUT2D eigenvalue weighted by molar-refractivity contribution is 7.46. The molecule has 1 aromatic carbocycles. The average Bonchev–Trinajstić information content (AvgIpc) is 3.38. The summed E-state index contributed by atoms with van der Waals surface area (Å²) < 4.78 is 22.5. The van der Waals surface area contributed by atoms with Crippen molar-refractivity contribution < 1.29 is 33.8 Å². The minimum atomic E-state index is -4.78. The van der Waals surface area contributed by atoms with Crippen LogP contribution in [0.5, 0.6) is 0 Å². The molecular formula is C22H33N6O7P. The van der Waals surface area contributed by atoms with Crippen molar-refractivity contribution in [3.05, 3.63) is 36.7 Å². The van der Waals surface area contributed by atoms with Gasteiger partial charge in [0.1, 0.15) is 30.5 Å². The molecule has 14 heteroatoms. The minimum absolute atomic E-state index is 0.125. The number of rotatable bonds is 8. The fourth-order valence-corrected chi connectivity index (χ4v) is 4.22. The number of hydrogen-bond acceptors (Lipinski definition) is 10. The summed E-state index contributed by atoms with van der Waals surface area (Å²) in [5, 5.41) is 20.9. The van der Waals surface area contributed by atoms with Crippen molar-refractivity contribution in [2.75, 3.05) is 32.0 Å². The molecule has 1 aliphatic heterocycles. The Morgan fingerprint density at radius 1 is 1.08 bits per heavy atom. The fraction of sp³-hybridized carbons (Fsp3) is 0.500. The van der Waals surface area contributed by atoms with Gasteiger partial charge in [-0.3, -0.25) is 9.09 Å². The minimum Gasteiger partial charge on any atom is -0.387 e. The number of hydrogen-bond donors (Lipinski definition) is 5. The lowest BCUT2D eigenvalue weighted by Crippen LogP contribution is -2.33. The van der Waals surface area contributed by atoms with E-state index in [1.54, 1.807) is 24.3 Å². The van der Waals surface area contributed by atoms with Gasteiger partial charge in [-0.25, -0.2) is 19.5 Å². The molecule has 3 aromatic rings. The first kappa shape index (κ1) is 28.1. The maximum atomic E-state index is 11.0. The molecule has 0 amide bonds. The first-order valence-electron chi connectivity index (χ1n) is 11.6. The lowest BCUT2D eigenvalue weighted by molar-refractivity contribution is -0.0496. The topological polar surface area (TPSA) is 189 Å². The van der Waals surface area contributed by atoms with Crippen LogP contribution in [-0.2, 0) is 13.8 Å². The molecule has 3 heterocycles. The summed E-state index contributed by atoms with van der Waals surface area (Å²) in [4.78, 5) is 32.7. The maximum absolute atomic E-state index is 11.0. The van der Waals surface area contributed by atoms with Crippen molar-refractivity contribution in [1.82, 2.24) is 24.4 Å². The van der Waals surface area contributed by atoms with E-state index >= 15 is 0 Å². The molecule has 0 aliphatic carbocycles. The molecule has 1 aliphatic rings. The zero-order valence-corrected chi connectivity index (χ0v) is 21.3. The van der Waals surface area contributed by atoms with Gasteiger partial charge < -0.3 is 35.4 Å². The lowest BCUT2D eigenvalue weighted by atomic mass is 10.1. The van der Waals surface area contributed by atoms with Crippen molar-refractivity contribution in [3.63, 3.8) is 0 Å². The van der Waals surface area contributed by atoms with Crippen LogP contribution in [0.15, 0.2) is 36.7 Å². The molecule has 36 heavy (non-hydrogen) atoms. The number of aromatic nitrogens is 4. The highest BCUT2D eigenvalue weighted by atomic mass is 31.2. The molecule has 0 spiro atoms. The summed E-state index contributed by atoms with van der Waals surface area (Å²) >= 11 is 0. The predicted octanol–water partition coefficient (Wildman–Crippen LogP) is 1.15. The summed E-state index contributed by atoms with van der Waals surface area (Å²) in [6.45, 7) is 9.50. The summed E-state index contributed by atoms with van der Waals surface area (Å²) in [7, 11) is -4.78. The van der Waals surface area contributed by atoms with E-state index in [9.17, 15) is 14.8 Å². The van der Waals surface area contributed by atoms with Crippen LogP contribution in [0.3, 0.4) is 0 Å². The van der Waals surface area contributed by atoms with Crippen molar-refractivity contribution in [2.24, 2.45) is 0 Å². The molecule has 13 nitrogen and oxygen atoms in total. The Balaban J connectivity index is 0.000000454. The SMILES string of the molecule is CCN(CC)CC.Nc1ncnc2c1nc(-c1ccccc1)n2[C@@H]1O[C@H](COP(=O)(O)O)[C@@H](O)[C@H]1O. The highest BCUT2D eigenvalue weighted by Crippen LogP contribution is 2.40. The number of aliphatic hydroxyl groups is 2. The van der Waals surface area contributed by atoms with Gasteiger partial charge in [0, 0.05) is 5.56 Å². The predicted molar refractivity (Wildman–Crippen MR) is 133 cm³/mol. The van der Waals surface area contributed by atoms with Gasteiger partial charge in [-0.1, -0.05) is 51.1 Å². The third kappa shape index (κ3) is 6.44. The third-order valence-corrected chi connectivity index (χ3v) is 6.36. The Morgan fingerprint density at radius 2 is 1.72 bits per heavy atom. The van der Waals surface area contributed by atoms with Crippen molar-refractivity contribution >= 4 is 24.8 Å². The number of phosphoric ester groups is 1. The number of benzene rings is 1. The van der Waals surface area contributed by atoms with Gasteiger partial charge in [0.15, 0.2) is 23.2 Å². The van der Waals surface area contributed by atoms with E-state index < -0.39 is 39.0 Å². The molecule has 0 unspecified atom stereocenters. The fourth-order valence-electron chi connectivity index (χ4n) is 3.88. The summed E-state index contributed by atoms with van der Waals surface area (Å²) in [5.41, 5.74) is 7.14. The molecule has 1 saturated heterocycles. The number of imidazole rings is 1. The normalized spacial score (nSPS) is 22.1. The van der Waals surface area contributed by atoms with Crippen LogP contribution in [0.1, 0.15) is 27.0 Å². The monoisotopic (exact) mass is 524 g/mol. The first-order valence-corrected chi connectivity index (χ1v) is 13.1. The Labute approximate surface area is 208 Å². The van der Waals surface area contributed by atoms with Crippen LogP contribution in [0.25, 0.3) is 22.6 Å². The molecular weight excluding hydrogens is 491 g/mol. The average molecular weight is 525 g/mol. The van der Waals surface area contributed by atoms with Crippen LogP contribution in [-0.4, -0.2) is 89.0 Å². The van der Waals surface area contributed by atoms with Crippen molar-refractivity contribution in [2.45, 2.75) is 45.3 Å². The molecule has 198 valence electrons. The number of nitrogen functional groups attached to an aromatic ring is 1.